The number of hydrogen-bond acceptors (Lipinski definition) is 4. The molecule has 6 heteroatoms. The molecule has 0 heterocycles. The maximum atomic E-state index is 10.8. The zero-order valence-corrected chi connectivity index (χ0v) is 19.6. The Balaban J connectivity index is 2.19. The third kappa shape index (κ3) is 4.95. The summed E-state index contributed by atoms with van der Waals surface area (Å²) in [4.78, 5) is 0. The Morgan fingerprint density at radius 3 is 1.39 bits per heavy atom. The Hall–Kier alpha value is -1.40. The third-order valence-electron chi connectivity index (χ3n) is 4.43. The molecular weight excluding hydrogens is 448 g/mol. The molecule has 28 heavy (non-hydrogen) atoms. The standard InChI is InChI=1S/C18H15OSi.C4H9O.2H2O.Zr/c19-20(16-10-4-1-5-11-16,17-12-6-2-7-13-17)18-14-8-3-9-15-18;1-4(2)3-5;;;/h1-15H;4H,3H2,1-2H3;2*1H2;/q2*-1;;;+4/p-2. The van der Waals surface area contributed by atoms with Crippen molar-refractivity contribution < 1.29 is 33.7 Å². The maximum absolute atomic E-state index is 10.8. The van der Waals surface area contributed by atoms with Gasteiger partial charge in [0.05, 0.1) is 0 Å². The summed E-state index contributed by atoms with van der Waals surface area (Å²) in [6.07, 6.45) is 0. The summed E-state index contributed by atoms with van der Waals surface area (Å²) < 4.78 is 33.6. The second-order valence-corrected chi connectivity index (χ2v) is 15.3. The fraction of sp³-hybridized carbons (Fsp3) is 0.182. The molecule has 3 aromatic carbocycles. The van der Waals surface area contributed by atoms with Crippen LogP contribution in [-0.2, 0) is 27.3 Å². The molecule has 4 nitrogen and oxygen atoms in total. The minimum absolute atomic E-state index is 0.181. The van der Waals surface area contributed by atoms with Crippen molar-refractivity contribution in [1.29, 1.82) is 0 Å². The summed E-state index contributed by atoms with van der Waals surface area (Å²) >= 11 is -5.25. The first-order chi connectivity index (χ1) is 13.4. The van der Waals surface area contributed by atoms with Crippen LogP contribution in [0, 0.1) is 5.92 Å². The van der Waals surface area contributed by atoms with Crippen LogP contribution in [0.4, 0.5) is 0 Å². The van der Waals surface area contributed by atoms with Crippen LogP contribution in [0.15, 0.2) is 91.0 Å². The summed E-state index contributed by atoms with van der Waals surface area (Å²) in [5, 5.41) is 2.85. The van der Waals surface area contributed by atoms with Gasteiger partial charge in [0.2, 0.25) is 0 Å². The van der Waals surface area contributed by atoms with Crippen molar-refractivity contribution in [3.8, 4) is 0 Å². The molecule has 0 spiro atoms. The summed E-state index contributed by atoms with van der Waals surface area (Å²) in [5.74, 6) is 0.181. The van der Waals surface area contributed by atoms with Crippen LogP contribution in [0.2, 0.25) is 0 Å². The van der Waals surface area contributed by atoms with Gasteiger partial charge in [0, 0.05) is 0 Å². The van der Waals surface area contributed by atoms with Crippen LogP contribution < -0.4 is 15.6 Å². The van der Waals surface area contributed by atoms with E-state index in [0.29, 0.717) is 0 Å². The van der Waals surface area contributed by atoms with E-state index < -0.39 is 30.3 Å². The van der Waals surface area contributed by atoms with Gasteiger partial charge in [-0.3, -0.25) is 0 Å². The Morgan fingerprint density at radius 1 is 0.714 bits per heavy atom. The van der Waals surface area contributed by atoms with Crippen LogP contribution in [0.25, 0.3) is 0 Å². The number of benzene rings is 3. The van der Waals surface area contributed by atoms with Crippen LogP contribution in [0.3, 0.4) is 0 Å². The van der Waals surface area contributed by atoms with Crippen LogP contribution >= 0.6 is 0 Å². The predicted octanol–water partition coefficient (Wildman–Crippen LogP) is 2.14. The molecule has 0 unspecified atom stereocenters. The fourth-order valence-electron chi connectivity index (χ4n) is 3.20. The van der Waals surface area contributed by atoms with E-state index in [1.165, 1.54) is 0 Å². The Labute approximate surface area is 174 Å². The average molecular weight is 474 g/mol. The van der Waals surface area contributed by atoms with Gasteiger partial charge in [-0.1, -0.05) is 0 Å². The molecule has 0 saturated carbocycles. The van der Waals surface area contributed by atoms with Gasteiger partial charge in [0.1, 0.15) is 0 Å². The van der Waals surface area contributed by atoms with E-state index in [4.69, 9.17) is 5.32 Å². The first kappa shape index (κ1) is 21.3. The Morgan fingerprint density at radius 2 is 1.07 bits per heavy atom. The van der Waals surface area contributed by atoms with Crippen molar-refractivity contribution in [2.45, 2.75) is 13.8 Å². The van der Waals surface area contributed by atoms with E-state index in [1.54, 1.807) is 0 Å². The van der Waals surface area contributed by atoms with Gasteiger partial charge < -0.3 is 0 Å². The quantitative estimate of drug-likeness (QED) is 0.389. The Bertz CT molecular complexity index is 761. The first-order valence-electron chi connectivity index (χ1n) is 9.39. The molecule has 0 aliphatic heterocycles. The van der Waals surface area contributed by atoms with Crippen LogP contribution in [-0.4, -0.2) is 21.3 Å². The van der Waals surface area contributed by atoms with E-state index in [2.05, 4.69) is 0 Å². The van der Waals surface area contributed by atoms with E-state index in [-0.39, 0.29) is 12.5 Å². The second-order valence-electron chi connectivity index (χ2n) is 7.13. The van der Waals surface area contributed by atoms with Gasteiger partial charge in [-0.15, -0.1) is 0 Å². The normalized spacial score (nSPS) is 12.3. The van der Waals surface area contributed by atoms with Crippen molar-refractivity contribution in [3.63, 3.8) is 0 Å². The molecule has 3 aromatic rings. The fourth-order valence-corrected chi connectivity index (χ4v) is 14.3. The molecule has 0 radical (unpaired) electrons. The molecule has 3 rings (SSSR count). The van der Waals surface area contributed by atoms with Gasteiger partial charge in [0.15, 0.2) is 0 Å². The zero-order chi connectivity index (χ0) is 20.0. The molecular formula is C22H26O4SiZr. The summed E-state index contributed by atoms with van der Waals surface area (Å²) in [6.45, 7) is 4.20. The average Bonchev–Trinajstić information content (AvgIpc) is 2.73. The minimum atomic E-state index is -5.25. The van der Waals surface area contributed by atoms with Crippen molar-refractivity contribution in [2.75, 3.05) is 6.61 Å². The van der Waals surface area contributed by atoms with Gasteiger partial charge in [0.25, 0.3) is 0 Å². The van der Waals surface area contributed by atoms with Gasteiger partial charge in [-0.05, 0) is 0 Å². The predicted molar refractivity (Wildman–Crippen MR) is 110 cm³/mol. The number of hydrogen-bond donors (Lipinski definition) is 2. The van der Waals surface area contributed by atoms with E-state index in [9.17, 15) is 6.37 Å². The summed E-state index contributed by atoms with van der Waals surface area (Å²) in [5.41, 5.74) is 0. The molecule has 0 aliphatic rings. The van der Waals surface area contributed by atoms with Crippen molar-refractivity contribution in [2.24, 2.45) is 5.92 Å². The Kier molecular flexibility index (Phi) is 7.15. The molecule has 0 fully saturated rings. The van der Waals surface area contributed by atoms with Gasteiger partial charge in [-0.2, -0.15) is 0 Å². The third-order valence-corrected chi connectivity index (χ3v) is 14.0. The molecule has 0 amide bonds. The molecule has 0 atom stereocenters. The monoisotopic (exact) mass is 472 g/mol. The topological polar surface area (TPSA) is 58.9 Å². The number of rotatable bonds is 8. The van der Waals surface area contributed by atoms with Crippen molar-refractivity contribution in [1.82, 2.24) is 0 Å². The van der Waals surface area contributed by atoms with E-state index >= 15 is 0 Å². The molecule has 146 valence electrons. The SMILES string of the molecule is CC(C)C[O][Zr]([OH])([OH])[O][Si](c1ccccc1)(c1ccccc1)c1ccccc1. The summed E-state index contributed by atoms with van der Waals surface area (Å²) in [7, 11) is -3.16. The summed E-state index contributed by atoms with van der Waals surface area (Å²) in [6, 6.07) is 29.5. The first-order valence-corrected chi connectivity index (χ1v) is 15.5. The van der Waals surface area contributed by atoms with Gasteiger partial charge >= 0.3 is 175 Å². The molecule has 0 bridgehead atoms. The van der Waals surface area contributed by atoms with Crippen LogP contribution in [0.1, 0.15) is 13.8 Å². The zero-order valence-electron chi connectivity index (χ0n) is 16.2. The van der Waals surface area contributed by atoms with E-state index in [0.717, 1.165) is 15.6 Å². The molecule has 0 saturated heterocycles. The molecule has 2 N–H and O–H groups in total. The van der Waals surface area contributed by atoms with Crippen molar-refractivity contribution >= 4 is 23.9 Å². The van der Waals surface area contributed by atoms with Gasteiger partial charge in [-0.25, -0.2) is 0 Å². The molecule has 0 aromatic heterocycles. The van der Waals surface area contributed by atoms with Crippen LogP contribution in [0.5, 0.6) is 0 Å². The van der Waals surface area contributed by atoms with Crippen molar-refractivity contribution in [3.05, 3.63) is 91.0 Å². The second kappa shape index (κ2) is 9.40. The molecule has 0 aliphatic carbocycles. The van der Waals surface area contributed by atoms with E-state index in [1.807, 2.05) is 105 Å².